The third-order valence-corrected chi connectivity index (χ3v) is 10.6. The molecule has 0 amide bonds. The molecule has 0 radical (unpaired) electrons. The molecule has 3 saturated heterocycles. The van der Waals surface area contributed by atoms with E-state index in [1.165, 1.54) is 6.92 Å². The molecule has 0 spiro atoms. The summed E-state index contributed by atoms with van der Waals surface area (Å²) in [6.45, 7) is 12.2. The number of esters is 1. The highest BCUT2D eigenvalue weighted by Gasteiger charge is 2.90. The number of epoxide rings is 1. The number of unbranched alkanes of at least 4 members (excludes halogenated alkanes) is 3. The third kappa shape index (κ3) is 3.51. The van der Waals surface area contributed by atoms with E-state index in [1.807, 2.05) is 19.1 Å². The molecule has 10 heteroatoms. The second-order valence-electron chi connectivity index (χ2n) is 12.9. The number of Topliss-reactive ketones (excluding diaryl/α,β-unsaturated/α-hetero) is 1. The molecule has 3 bridgehead atoms. The van der Waals surface area contributed by atoms with Gasteiger partial charge in [-0.05, 0) is 37.8 Å². The number of hydrogen-bond acceptors (Lipinski definition) is 10. The van der Waals surface area contributed by atoms with Gasteiger partial charge in [-0.3, -0.25) is 9.59 Å². The predicted octanol–water partition coefficient (Wildman–Crippen LogP) is 2.41. The molecule has 0 aromatic heterocycles. The molecule has 6 aliphatic rings. The molecule has 3 aliphatic carbocycles. The van der Waals surface area contributed by atoms with Gasteiger partial charge in [-0.2, -0.15) is 0 Å². The lowest BCUT2D eigenvalue weighted by molar-refractivity contribution is -0.407. The average molecular weight is 587 g/mol. The molecule has 0 aromatic rings. The molecule has 1 unspecified atom stereocenters. The van der Waals surface area contributed by atoms with E-state index in [0.29, 0.717) is 5.57 Å². The molecular formula is C32H42O10. The Morgan fingerprint density at radius 3 is 2.55 bits per heavy atom. The normalized spacial score (nSPS) is 50.0. The van der Waals surface area contributed by atoms with Gasteiger partial charge in [0.2, 0.25) is 0 Å². The number of ketones is 1. The molecule has 5 fully saturated rings. The number of rotatable bonds is 9. The minimum atomic E-state index is -2.38. The Kier molecular flexibility index (Phi) is 6.87. The van der Waals surface area contributed by atoms with E-state index >= 15 is 0 Å². The number of ether oxygens (including phenoxy) is 5. The van der Waals surface area contributed by atoms with Crippen LogP contribution in [0.2, 0.25) is 0 Å². The van der Waals surface area contributed by atoms with Gasteiger partial charge in [-0.15, -0.1) is 0 Å². The van der Waals surface area contributed by atoms with Crippen LogP contribution in [-0.4, -0.2) is 86.5 Å². The lowest BCUT2D eigenvalue weighted by Crippen LogP contribution is -2.76. The third-order valence-electron chi connectivity index (χ3n) is 10.6. The average Bonchev–Trinajstić information content (AvgIpc) is 3.57. The van der Waals surface area contributed by atoms with Crippen molar-refractivity contribution in [1.82, 2.24) is 0 Å². The molecule has 3 aliphatic heterocycles. The number of allylic oxidation sites excluding steroid dienone is 3. The maximum absolute atomic E-state index is 13.7. The fourth-order valence-corrected chi connectivity index (χ4v) is 8.66. The number of aliphatic hydroxyl groups is 3. The van der Waals surface area contributed by atoms with Crippen LogP contribution in [0.3, 0.4) is 0 Å². The Bertz CT molecular complexity index is 1290. The van der Waals surface area contributed by atoms with Crippen LogP contribution in [0.1, 0.15) is 60.3 Å². The van der Waals surface area contributed by atoms with E-state index in [1.54, 1.807) is 32.1 Å². The minimum Gasteiger partial charge on any atom is -0.459 e. The first-order chi connectivity index (χ1) is 19.8. The predicted molar refractivity (Wildman–Crippen MR) is 149 cm³/mol. The maximum atomic E-state index is 13.7. The first kappa shape index (κ1) is 29.9. The van der Waals surface area contributed by atoms with E-state index < -0.39 is 88.9 Å². The quantitative estimate of drug-likeness (QED) is 0.121. The SMILES string of the molecule is C=C(C)[C@@]12OC3(/C=C/C=C\CCCCC)O[C@@H]1[C@@H]1[C@@H]4O[C@]4(CO)[C@@H](O)[C@]4(O)C(=O)C(C)=C[C@H]4[C@@]1(O3)[C@H](C)[C@H]2OC(C)=O. The number of aliphatic hydroxyl groups excluding tert-OH is 2. The van der Waals surface area contributed by atoms with Gasteiger partial charge in [0, 0.05) is 30.8 Å². The molecule has 3 heterocycles. The van der Waals surface area contributed by atoms with E-state index in [2.05, 4.69) is 13.5 Å². The van der Waals surface area contributed by atoms with Crippen LogP contribution in [-0.2, 0) is 33.3 Å². The summed E-state index contributed by atoms with van der Waals surface area (Å²) >= 11 is 0. The number of fused-ring (bicyclic) bond motifs is 3. The number of carbonyl (C=O) groups is 2. The summed E-state index contributed by atoms with van der Waals surface area (Å²) < 4.78 is 32.4. The van der Waals surface area contributed by atoms with Crippen molar-refractivity contribution in [3.63, 3.8) is 0 Å². The minimum absolute atomic E-state index is 0.248. The van der Waals surface area contributed by atoms with Crippen molar-refractivity contribution in [2.45, 2.75) is 113 Å². The van der Waals surface area contributed by atoms with Crippen molar-refractivity contribution >= 4 is 11.8 Å². The van der Waals surface area contributed by atoms with Crippen molar-refractivity contribution < 1.29 is 48.6 Å². The molecule has 6 rings (SSSR count). The van der Waals surface area contributed by atoms with Crippen molar-refractivity contribution in [2.75, 3.05) is 6.61 Å². The second-order valence-corrected chi connectivity index (χ2v) is 12.9. The van der Waals surface area contributed by atoms with Crippen LogP contribution < -0.4 is 0 Å². The molecule has 10 nitrogen and oxygen atoms in total. The van der Waals surface area contributed by atoms with Gasteiger partial charge >= 0.3 is 11.9 Å². The fraction of sp³-hybridized carbons (Fsp3) is 0.688. The Morgan fingerprint density at radius 2 is 1.90 bits per heavy atom. The second kappa shape index (κ2) is 9.66. The largest absolute Gasteiger partial charge is 0.459 e. The van der Waals surface area contributed by atoms with Crippen LogP contribution in [0.25, 0.3) is 0 Å². The van der Waals surface area contributed by atoms with Gasteiger partial charge in [0.1, 0.15) is 30.0 Å². The van der Waals surface area contributed by atoms with Crippen molar-refractivity contribution in [3.8, 4) is 0 Å². The number of hydrogen-bond donors (Lipinski definition) is 3. The molecule has 42 heavy (non-hydrogen) atoms. The van der Waals surface area contributed by atoms with Gasteiger partial charge in [0.15, 0.2) is 17.0 Å². The zero-order valence-electron chi connectivity index (χ0n) is 24.9. The monoisotopic (exact) mass is 586 g/mol. The van der Waals surface area contributed by atoms with Crippen molar-refractivity contribution in [1.29, 1.82) is 0 Å². The molecule has 12 atom stereocenters. The highest BCUT2D eigenvalue weighted by atomic mass is 16.9. The molecule has 0 aromatic carbocycles. The smallest absolute Gasteiger partial charge is 0.307 e. The maximum Gasteiger partial charge on any atom is 0.307 e. The van der Waals surface area contributed by atoms with Crippen LogP contribution >= 0.6 is 0 Å². The van der Waals surface area contributed by atoms with Crippen LogP contribution in [0.15, 0.2) is 48.1 Å². The summed E-state index contributed by atoms with van der Waals surface area (Å²) in [5.74, 6) is -5.58. The van der Waals surface area contributed by atoms with Crippen LogP contribution in [0.4, 0.5) is 0 Å². The van der Waals surface area contributed by atoms with Gasteiger partial charge in [0.05, 0.1) is 12.2 Å². The summed E-state index contributed by atoms with van der Waals surface area (Å²) in [5.41, 5.74) is -6.12. The van der Waals surface area contributed by atoms with E-state index in [0.717, 1.165) is 25.7 Å². The van der Waals surface area contributed by atoms with Crippen molar-refractivity contribution in [2.24, 2.45) is 17.8 Å². The van der Waals surface area contributed by atoms with E-state index in [4.69, 9.17) is 23.7 Å². The highest BCUT2D eigenvalue weighted by molar-refractivity contribution is 6.05. The van der Waals surface area contributed by atoms with Crippen LogP contribution in [0.5, 0.6) is 0 Å². The Morgan fingerprint density at radius 1 is 1.17 bits per heavy atom. The molecular weight excluding hydrogens is 544 g/mol. The van der Waals surface area contributed by atoms with Gasteiger partial charge < -0.3 is 39.0 Å². The zero-order chi connectivity index (χ0) is 30.5. The van der Waals surface area contributed by atoms with Crippen LogP contribution in [0, 0.1) is 17.8 Å². The summed E-state index contributed by atoms with van der Waals surface area (Å²) in [5, 5.41) is 34.4. The first-order valence-corrected chi connectivity index (χ1v) is 15.0. The fourth-order valence-electron chi connectivity index (χ4n) is 8.66. The number of carbonyl (C=O) groups excluding carboxylic acids is 2. The van der Waals surface area contributed by atoms with E-state index in [-0.39, 0.29) is 5.57 Å². The Hall–Kier alpha value is -2.18. The molecule has 3 N–H and O–H groups in total. The van der Waals surface area contributed by atoms with Gasteiger partial charge in [0.25, 0.3) is 0 Å². The molecule has 230 valence electrons. The Labute approximate surface area is 246 Å². The summed E-state index contributed by atoms with van der Waals surface area (Å²) in [6, 6.07) is 0. The topological polar surface area (TPSA) is 144 Å². The van der Waals surface area contributed by atoms with Crippen molar-refractivity contribution in [3.05, 3.63) is 48.1 Å². The summed E-state index contributed by atoms with van der Waals surface area (Å²) in [7, 11) is 0. The Balaban J connectivity index is 1.55. The summed E-state index contributed by atoms with van der Waals surface area (Å²) in [6.07, 6.45) is 8.71. The molecule has 2 saturated carbocycles. The van der Waals surface area contributed by atoms with E-state index in [9.17, 15) is 24.9 Å². The van der Waals surface area contributed by atoms with Gasteiger partial charge in [-0.1, -0.05) is 57.6 Å². The highest BCUT2D eigenvalue weighted by Crippen LogP contribution is 2.73. The lowest BCUT2D eigenvalue weighted by Gasteiger charge is -2.61. The lowest BCUT2D eigenvalue weighted by atomic mass is 9.53. The summed E-state index contributed by atoms with van der Waals surface area (Å²) in [4.78, 5) is 26.2. The first-order valence-electron chi connectivity index (χ1n) is 15.0. The standard InChI is InChI=1S/C32H42O10/c1-7-8-9-10-11-12-13-14-29-40-26-22-25-28(16-33,39-25)27(36)30(37)21(15-18(4)23(30)35)32(22,42-29)19(5)24(38-20(6)34)31(26,41-29)17(2)3/h11-15,19,21-22,24-27,33,36-37H,2,7-10,16H2,1,3-6H3/b12-11-,14-13+/t19-,21-,22+,24-,25+,26-,27-,28+,29?,30-,31+,32+/m1/s1. The van der Waals surface area contributed by atoms with Gasteiger partial charge in [-0.25, -0.2) is 0 Å². The zero-order valence-corrected chi connectivity index (χ0v) is 24.9.